The maximum Gasteiger partial charge on any atom is 0.266 e. The molecule has 0 saturated carbocycles. The number of hydrogen-bond donors (Lipinski definition) is 0. The van der Waals surface area contributed by atoms with E-state index >= 15 is 0 Å². The van der Waals surface area contributed by atoms with Crippen LogP contribution in [0.3, 0.4) is 0 Å². The first-order valence-electron chi connectivity index (χ1n) is 11.3. The van der Waals surface area contributed by atoms with Crippen LogP contribution in [0, 0.1) is 0 Å². The van der Waals surface area contributed by atoms with Gasteiger partial charge in [-0.25, -0.2) is 4.98 Å². The Morgan fingerprint density at radius 2 is 1.75 bits per heavy atom. The fourth-order valence-electron chi connectivity index (χ4n) is 4.19. The molecule has 1 saturated heterocycles. The third-order valence-corrected chi connectivity index (χ3v) is 7.10. The molecule has 0 radical (unpaired) electrons. The largest absolute Gasteiger partial charge is 0.342 e. The lowest BCUT2D eigenvalue weighted by atomic mass is 10.2. The molecule has 0 bridgehead atoms. The van der Waals surface area contributed by atoms with Gasteiger partial charge >= 0.3 is 0 Å². The second-order valence-electron chi connectivity index (χ2n) is 8.06. The SMILES string of the molecule is CCN(CC)C[C@H](CN1CCCC1=O)Sc1nc2ccccc2c(=O)n1-c1ccccc1. The van der Waals surface area contributed by atoms with Crippen molar-refractivity contribution in [3.8, 4) is 5.69 Å². The number of nitrogens with zero attached hydrogens (tertiary/aromatic N) is 4. The maximum absolute atomic E-state index is 13.5. The number of amides is 1. The number of likely N-dealkylation sites (tertiary alicyclic amines) is 1. The van der Waals surface area contributed by atoms with E-state index in [9.17, 15) is 9.59 Å². The lowest BCUT2D eigenvalue weighted by molar-refractivity contribution is -0.127. The van der Waals surface area contributed by atoms with Gasteiger partial charge < -0.3 is 9.80 Å². The first-order valence-corrected chi connectivity index (χ1v) is 12.2. The van der Waals surface area contributed by atoms with E-state index in [0.717, 1.165) is 38.3 Å². The van der Waals surface area contributed by atoms with Gasteiger partial charge in [0.05, 0.1) is 16.6 Å². The first kappa shape index (κ1) is 22.6. The van der Waals surface area contributed by atoms with Crippen molar-refractivity contribution < 1.29 is 4.79 Å². The van der Waals surface area contributed by atoms with Crippen molar-refractivity contribution in [3.05, 3.63) is 65.0 Å². The summed E-state index contributed by atoms with van der Waals surface area (Å²) in [6.07, 6.45) is 1.55. The molecule has 32 heavy (non-hydrogen) atoms. The molecular weight excluding hydrogens is 420 g/mol. The average molecular weight is 451 g/mol. The van der Waals surface area contributed by atoms with E-state index in [1.165, 1.54) is 0 Å². The van der Waals surface area contributed by atoms with Gasteiger partial charge in [-0.1, -0.05) is 55.9 Å². The Balaban J connectivity index is 1.76. The summed E-state index contributed by atoms with van der Waals surface area (Å²) in [5.41, 5.74) is 1.44. The highest BCUT2D eigenvalue weighted by molar-refractivity contribution is 7.99. The van der Waals surface area contributed by atoms with Crippen molar-refractivity contribution in [3.63, 3.8) is 0 Å². The summed E-state index contributed by atoms with van der Waals surface area (Å²) in [6.45, 7) is 8.50. The number of para-hydroxylation sites is 2. The molecule has 1 atom stereocenters. The highest BCUT2D eigenvalue weighted by Gasteiger charge is 2.26. The van der Waals surface area contributed by atoms with Gasteiger partial charge in [-0.15, -0.1) is 0 Å². The zero-order valence-electron chi connectivity index (χ0n) is 18.7. The molecule has 2 heterocycles. The van der Waals surface area contributed by atoms with Crippen molar-refractivity contribution >= 4 is 28.6 Å². The molecule has 0 unspecified atom stereocenters. The van der Waals surface area contributed by atoms with Gasteiger partial charge in [-0.3, -0.25) is 14.2 Å². The Morgan fingerprint density at radius 1 is 1.03 bits per heavy atom. The summed E-state index contributed by atoms with van der Waals surface area (Å²) in [4.78, 5) is 35.1. The molecule has 1 amide bonds. The minimum absolute atomic E-state index is 0.0665. The van der Waals surface area contributed by atoms with E-state index in [1.54, 1.807) is 16.3 Å². The van der Waals surface area contributed by atoms with Crippen LogP contribution in [-0.2, 0) is 4.79 Å². The Bertz CT molecular complexity index is 1130. The fourth-order valence-corrected chi connectivity index (χ4v) is 5.47. The van der Waals surface area contributed by atoms with Crippen LogP contribution >= 0.6 is 11.8 Å². The minimum Gasteiger partial charge on any atom is -0.342 e. The molecule has 0 spiro atoms. The molecule has 4 rings (SSSR count). The molecule has 3 aromatic rings. The molecular formula is C25H30N4O2S. The summed E-state index contributed by atoms with van der Waals surface area (Å²) in [7, 11) is 0. The van der Waals surface area contributed by atoms with Crippen LogP contribution in [-0.4, -0.2) is 63.2 Å². The lowest BCUT2D eigenvalue weighted by Gasteiger charge is -2.28. The van der Waals surface area contributed by atoms with Crippen molar-refractivity contribution in [2.45, 2.75) is 37.1 Å². The number of fused-ring (bicyclic) bond motifs is 1. The van der Waals surface area contributed by atoms with E-state index in [2.05, 4.69) is 18.7 Å². The monoisotopic (exact) mass is 450 g/mol. The van der Waals surface area contributed by atoms with Crippen molar-refractivity contribution in [2.75, 3.05) is 32.7 Å². The van der Waals surface area contributed by atoms with Crippen LogP contribution in [0.1, 0.15) is 26.7 Å². The van der Waals surface area contributed by atoms with Crippen molar-refractivity contribution in [1.29, 1.82) is 0 Å². The Labute approximate surface area is 193 Å². The average Bonchev–Trinajstić information content (AvgIpc) is 3.22. The van der Waals surface area contributed by atoms with E-state index in [4.69, 9.17) is 4.98 Å². The summed E-state index contributed by atoms with van der Waals surface area (Å²) in [5.74, 6) is 0.224. The standard InChI is InChI=1S/C25H30N4O2S/c1-3-27(4-2)17-20(18-28-16-10-15-23(28)30)32-25-26-22-14-9-8-13-21(22)24(31)29(25)19-11-6-5-7-12-19/h5-9,11-14,20H,3-4,10,15-18H2,1-2H3/t20-/m1/s1. The molecule has 7 heteroatoms. The number of rotatable bonds is 9. The number of carbonyl (C=O) groups excluding carboxylic acids is 1. The second kappa shape index (κ2) is 10.3. The van der Waals surface area contributed by atoms with Gasteiger partial charge in [-0.2, -0.15) is 0 Å². The van der Waals surface area contributed by atoms with E-state index in [0.29, 0.717) is 29.0 Å². The molecule has 168 valence electrons. The number of aromatic nitrogens is 2. The van der Waals surface area contributed by atoms with Crippen LogP contribution in [0.4, 0.5) is 0 Å². The van der Waals surface area contributed by atoms with Crippen LogP contribution in [0.25, 0.3) is 16.6 Å². The number of hydrogen-bond acceptors (Lipinski definition) is 5. The van der Waals surface area contributed by atoms with E-state index in [1.807, 2.05) is 59.5 Å². The lowest BCUT2D eigenvalue weighted by Crippen LogP contribution is -2.39. The zero-order valence-corrected chi connectivity index (χ0v) is 19.6. The predicted octanol–water partition coefficient (Wildman–Crippen LogP) is 3.81. The van der Waals surface area contributed by atoms with Crippen LogP contribution < -0.4 is 5.56 Å². The van der Waals surface area contributed by atoms with Gasteiger partial charge in [0.25, 0.3) is 5.56 Å². The Hall–Kier alpha value is -2.64. The van der Waals surface area contributed by atoms with E-state index in [-0.39, 0.29) is 16.7 Å². The number of benzene rings is 2. The maximum atomic E-state index is 13.5. The van der Waals surface area contributed by atoms with Crippen LogP contribution in [0.15, 0.2) is 64.5 Å². The van der Waals surface area contributed by atoms with Crippen LogP contribution in [0.2, 0.25) is 0 Å². The summed E-state index contributed by atoms with van der Waals surface area (Å²) < 4.78 is 1.72. The zero-order chi connectivity index (χ0) is 22.5. The quantitative estimate of drug-likeness (QED) is 0.367. The number of thioether (sulfide) groups is 1. The third-order valence-electron chi connectivity index (χ3n) is 5.98. The normalized spacial score (nSPS) is 15.1. The third kappa shape index (κ3) is 4.89. The topological polar surface area (TPSA) is 58.4 Å². The second-order valence-corrected chi connectivity index (χ2v) is 9.32. The van der Waals surface area contributed by atoms with Gasteiger partial charge in [0.15, 0.2) is 5.16 Å². The highest BCUT2D eigenvalue weighted by Crippen LogP contribution is 2.27. The van der Waals surface area contributed by atoms with Gasteiger partial charge in [-0.05, 0) is 43.8 Å². The van der Waals surface area contributed by atoms with Gasteiger partial charge in [0.2, 0.25) is 5.91 Å². The predicted molar refractivity (Wildman–Crippen MR) is 131 cm³/mol. The summed E-state index contributed by atoms with van der Waals surface area (Å²) in [5, 5.41) is 1.39. The molecule has 1 aliphatic rings. The molecule has 0 N–H and O–H groups in total. The smallest absolute Gasteiger partial charge is 0.266 e. The van der Waals surface area contributed by atoms with Gasteiger partial charge in [0, 0.05) is 31.3 Å². The van der Waals surface area contributed by atoms with Crippen molar-refractivity contribution in [2.24, 2.45) is 0 Å². The van der Waals surface area contributed by atoms with Crippen molar-refractivity contribution in [1.82, 2.24) is 19.4 Å². The molecule has 0 aliphatic carbocycles. The molecule has 1 aliphatic heterocycles. The Morgan fingerprint density at radius 3 is 2.44 bits per heavy atom. The minimum atomic E-state index is -0.0665. The molecule has 2 aromatic carbocycles. The molecule has 6 nitrogen and oxygen atoms in total. The van der Waals surface area contributed by atoms with Gasteiger partial charge in [0.1, 0.15) is 0 Å². The summed E-state index contributed by atoms with van der Waals surface area (Å²) >= 11 is 1.60. The molecule has 1 fully saturated rings. The molecule has 1 aromatic heterocycles. The highest BCUT2D eigenvalue weighted by atomic mass is 32.2. The number of carbonyl (C=O) groups is 1. The first-order chi connectivity index (χ1) is 15.6. The van der Waals surface area contributed by atoms with Crippen LogP contribution in [0.5, 0.6) is 0 Å². The fraction of sp³-hybridized carbons (Fsp3) is 0.400. The van der Waals surface area contributed by atoms with E-state index < -0.39 is 0 Å². The Kier molecular flexibility index (Phi) is 7.27. The summed E-state index contributed by atoms with van der Waals surface area (Å²) in [6, 6.07) is 17.2.